The van der Waals surface area contributed by atoms with Crippen LogP contribution in [0, 0.1) is 5.82 Å². The van der Waals surface area contributed by atoms with Crippen molar-refractivity contribution < 1.29 is 9.13 Å². The molecule has 2 atom stereocenters. The molecule has 0 bridgehead atoms. The van der Waals surface area contributed by atoms with Crippen molar-refractivity contribution in [1.29, 1.82) is 0 Å². The first-order valence-electron chi connectivity index (χ1n) is 5.90. The molecular formula is C13H19ClFNO. The van der Waals surface area contributed by atoms with E-state index in [2.05, 4.69) is 0 Å². The van der Waals surface area contributed by atoms with Crippen LogP contribution < -0.4 is 5.73 Å². The fraction of sp³-hybridized carbons (Fsp3) is 0.538. The maximum Gasteiger partial charge on any atom is 0.142 e. The van der Waals surface area contributed by atoms with E-state index in [9.17, 15) is 4.39 Å². The highest BCUT2D eigenvalue weighted by Crippen LogP contribution is 2.21. The number of nitrogens with two attached hydrogens (primary N) is 1. The molecule has 4 heteroatoms. The van der Waals surface area contributed by atoms with Gasteiger partial charge in [-0.2, -0.15) is 0 Å². The van der Waals surface area contributed by atoms with E-state index in [0.717, 1.165) is 12.0 Å². The van der Waals surface area contributed by atoms with E-state index in [1.807, 2.05) is 13.8 Å². The van der Waals surface area contributed by atoms with Crippen molar-refractivity contribution in [2.24, 2.45) is 5.73 Å². The lowest BCUT2D eigenvalue weighted by Gasteiger charge is -2.23. The molecule has 1 aromatic carbocycles. The molecule has 0 spiro atoms. The normalized spacial score (nSPS) is 14.6. The minimum Gasteiger partial charge on any atom is -0.377 e. The second-order valence-electron chi connectivity index (χ2n) is 3.98. The second-order valence-corrected chi connectivity index (χ2v) is 4.36. The van der Waals surface area contributed by atoms with E-state index in [1.165, 1.54) is 6.07 Å². The smallest absolute Gasteiger partial charge is 0.142 e. The monoisotopic (exact) mass is 259 g/mol. The van der Waals surface area contributed by atoms with Gasteiger partial charge in [-0.05, 0) is 31.4 Å². The molecule has 0 fully saturated rings. The summed E-state index contributed by atoms with van der Waals surface area (Å²) in [5.41, 5.74) is 6.79. The zero-order chi connectivity index (χ0) is 12.8. The summed E-state index contributed by atoms with van der Waals surface area (Å²) in [7, 11) is 0. The number of rotatable bonds is 6. The van der Waals surface area contributed by atoms with Crippen molar-refractivity contribution in [2.45, 2.75) is 38.8 Å². The largest absolute Gasteiger partial charge is 0.377 e. The maximum absolute atomic E-state index is 13.3. The Hall–Kier alpha value is -0.640. The Labute approximate surface area is 107 Å². The first-order chi connectivity index (χ1) is 8.10. The van der Waals surface area contributed by atoms with E-state index in [4.69, 9.17) is 22.1 Å². The van der Waals surface area contributed by atoms with Gasteiger partial charge in [0.05, 0.1) is 11.1 Å². The van der Waals surface area contributed by atoms with Crippen LogP contribution in [0.15, 0.2) is 18.2 Å². The number of hydrogen-bond acceptors (Lipinski definition) is 2. The molecule has 96 valence electrons. The minimum absolute atomic E-state index is 0.0145. The van der Waals surface area contributed by atoms with Crippen LogP contribution in [0.4, 0.5) is 4.39 Å². The maximum atomic E-state index is 13.3. The summed E-state index contributed by atoms with van der Waals surface area (Å²) in [6, 6.07) is 4.62. The van der Waals surface area contributed by atoms with Gasteiger partial charge in [-0.15, -0.1) is 0 Å². The average Bonchev–Trinajstić information content (AvgIpc) is 2.31. The summed E-state index contributed by atoms with van der Waals surface area (Å²) in [5, 5.41) is 0.161. The Morgan fingerprint density at radius 2 is 2.12 bits per heavy atom. The van der Waals surface area contributed by atoms with Crippen molar-refractivity contribution in [1.82, 2.24) is 0 Å². The van der Waals surface area contributed by atoms with E-state index in [1.54, 1.807) is 12.1 Å². The Bertz CT molecular complexity index is 359. The molecule has 2 unspecified atom stereocenters. The van der Waals surface area contributed by atoms with Crippen molar-refractivity contribution in [3.63, 3.8) is 0 Å². The zero-order valence-corrected chi connectivity index (χ0v) is 11.0. The molecule has 0 saturated carbocycles. The Morgan fingerprint density at radius 1 is 1.41 bits per heavy atom. The van der Waals surface area contributed by atoms with Gasteiger partial charge in [0, 0.05) is 12.6 Å². The molecule has 0 aromatic heterocycles. The lowest BCUT2D eigenvalue weighted by atomic mass is 10.0. The fourth-order valence-electron chi connectivity index (χ4n) is 1.85. The van der Waals surface area contributed by atoms with Crippen LogP contribution in [0.3, 0.4) is 0 Å². The van der Waals surface area contributed by atoms with Gasteiger partial charge in [0.15, 0.2) is 0 Å². The van der Waals surface area contributed by atoms with Crippen LogP contribution >= 0.6 is 11.6 Å². The highest BCUT2D eigenvalue weighted by Gasteiger charge is 2.18. The molecule has 0 radical (unpaired) electrons. The van der Waals surface area contributed by atoms with E-state index >= 15 is 0 Å². The van der Waals surface area contributed by atoms with Gasteiger partial charge in [0.2, 0.25) is 0 Å². The third-order valence-corrected chi connectivity index (χ3v) is 3.17. The molecule has 0 saturated heterocycles. The van der Waals surface area contributed by atoms with Gasteiger partial charge in [0.25, 0.3) is 0 Å². The Balaban J connectivity index is 2.72. The quantitative estimate of drug-likeness (QED) is 0.852. The molecule has 0 aliphatic rings. The molecule has 2 nitrogen and oxygen atoms in total. The molecule has 0 heterocycles. The average molecular weight is 260 g/mol. The van der Waals surface area contributed by atoms with Crippen molar-refractivity contribution >= 4 is 11.6 Å². The highest BCUT2D eigenvalue weighted by atomic mass is 35.5. The molecular weight excluding hydrogens is 241 g/mol. The molecule has 0 aliphatic heterocycles. The Morgan fingerprint density at radius 3 is 2.71 bits per heavy atom. The first-order valence-corrected chi connectivity index (χ1v) is 6.28. The fourth-order valence-corrected chi connectivity index (χ4v) is 2.05. The van der Waals surface area contributed by atoms with E-state index < -0.39 is 5.82 Å². The molecule has 0 aliphatic carbocycles. The predicted molar refractivity (Wildman–Crippen MR) is 68.8 cm³/mol. The third-order valence-electron chi connectivity index (χ3n) is 2.75. The summed E-state index contributed by atoms with van der Waals surface area (Å²) in [6.07, 6.45) is 1.34. The molecule has 1 rings (SSSR count). The number of hydrogen-bond donors (Lipinski definition) is 1. The lowest BCUT2D eigenvalue weighted by molar-refractivity contribution is 0.0417. The second kappa shape index (κ2) is 6.94. The van der Waals surface area contributed by atoms with Gasteiger partial charge in [-0.25, -0.2) is 4.39 Å². The van der Waals surface area contributed by atoms with E-state index in [-0.39, 0.29) is 17.2 Å². The van der Waals surface area contributed by atoms with Gasteiger partial charge in [-0.3, -0.25) is 0 Å². The van der Waals surface area contributed by atoms with Crippen LogP contribution in [-0.4, -0.2) is 18.8 Å². The lowest BCUT2D eigenvalue weighted by Crippen LogP contribution is -2.38. The van der Waals surface area contributed by atoms with Crippen molar-refractivity contribution in [2.75, 3.05) is 6.61 Å². The van der Waals surface area contributed by atoms with Crippen LogP contribution in [0.5, 0.6) is 0 Å². The van der Waals surface area contributed by atoms with Crippen LogP contribution in [0.25, 0.3) is 0 Å². The molecule has 2 N–H and O–H groups in total. The highest BCUT2D eigenvalue weighted by molar-refractivity contribution is 6.31. The zero-order valence-electron chi connectivity index (χ0n) is 10.2. The summed E-state index contributed by atoms with van der Waals surface area (Å²) < 4.78 is 18.8. The summed E-state index contributed by atoms with van der Waals surface area (Å²) in [4.78, 5) is 0. The van der Waals surface area contributed by atoms with Gasteiger partial charge < -0.3 is 10.5 Å². The van der Waals surface area contributed by atoms with Crippen LogP contribution in [0.2, 0.25) is 5.02 Å². The van der Waals surface area contributed by atoms with Gasteiger partial charge in [0.1, 0.15) is 5.82 Å². The molecule has 17 heavy (non-hydrogen) atoms. The van der Waals surface area contributed by atoms with Crippen LogP contribution in [0.1, 0.15) is 25.8 Å². The van der Waals surface area contributed by atoms with Gasteiger partial charge in [-0.1, -0.05) is 30.7 Å². The standard InChI is InChI=1S/C13H19ClFNO/c1-3-12(17-4-2)11(16)8-9-6-5-7-10(15)13(9)14/h5-7,11-12H,3-4,8,16H2,1-2H3. The summed E-state index contributed by atoms with van der Waals surface area (Å²) in [5.74, 6) is -0.402. The number of halogens is 2. The minimum atomic E-state index is -0.402. The SMILES string of the molecule is CCOC(CC)C(N)Cc1cccc(F)c1Cl. The summed E-state index contributed by atoms with van der Waals surface area (Å²) >= 11 is 5.89. The third kappa shape index (κ3) is 3.95. The molecule has 1 aromatic rings. The van der Waals surface area contributed by atoms with Gasteiger partial charge >= 0.3 is 0 Å². The molecule has 0 amide bonds. The van der Waals surface area contributed by atoms with Crippen LogP contribution in [-0.2, 0) is 11.2 Å². The summed E-state index contributed by atoms with van der Waals surface area (Å²) in [6.45, 7) is 4.58. The van der Waals surface area contributed by atoms with Crippen molar-refractivity contribution in [3.05, 3.63) is 34.6 Å². The number of benzene rings is 1. The predicted octanol–water partition coefficient (Wildman–Crippen LogP) is 3.16. The van der Waals surface area contributed by atoms with Crippen molar-refractivity contribution in [3.8, 4) is 0 Å². The number of ether oxygens (including phenoxy) is 1. The van der Waals surface area contributed by atoms with E-state index in [0.29, 0.717) is 13.0 Å². The first kappa shape index (κ1) is 14.4. The Kier molecular flexibility index (Phi) is 5.89. The topological polar surface area (TPSA) is 35.2 Å².